The van der Waals surface area contributed by atoms with Crippen LogP contribution < -0.4 is 5.73 Å². The molecule has 0 spiro atoms. The number of aromatic nitrogens is 1. The van der Waals surface area contributed by atoms with E-state index in [0.717, 1.165) is 17.8 Å². The van der Waals surface area contributed by atoms with Gasteiger partial charge in [-0.15, -0.1) is 11.3 Å². The summed E-state index contributed by atoms with van der Waals surface area (Å²) in [6.45, 7) is 4.02. The molecule has 1 aliphatic rings. The van der Waals surface area contributed by atoms with E-state index < -0.39 is 0 Å². The summed E-state index contributed by atoms with van der Waals surface area (Å²) in [5.74, 6) is 0.161. The molecule has 0 saturated carbocycles. The largest absolute Gasteiger partial charge is 0.329 e. The lowest BCUT2D eigenvalue weighted by atomic mass is 10.0. The van der Waals surface area contributed by atoms with Gasteiger partial charge in [0.1, 0.15) is 9.34 Å². The Morgan fingerprint density at radius 3 is 2.89 bits per heavy atom. The molecule has 1 aromatic rings. The van der Waals surface area contributed by atoms with Crippen LogP contribution in [-0.4, -0.2) is 27.9 Å². The van der Waals surface area contributed by atoms with E-state index in [9.17, 15) is 4.79 Å². The molecule has 1 fully saturated rings. The van der Waals surface area contributed by atoms with E-state index in [0.29, 0.717) is 10.8 Å². The van der Waals surface area contributed by atoms with Gasteiger partial charge in [0.05, 0.1) is 12.2 Å². The number of hydrogen-bond acceptors (Lipinski definition) is 4. The molecule has 2 atom stereocenters. The van der Waals surface area contributed by atoms with Crippen LogP contribution in [0.3, 0.4) is 0 Å². The molecule has 4 nitrogen and oxygen atoms in total. The van der Waals surface area contributed by atoms with Gasteiger partial charge in [0.2, 0.25) is 5.91 Å². The maximum absolute atomic E-state index is 12.2. The molecule has 2 rings (SSSR count). The number of nitrogens with two attached hydrogens (primary N) is 1. The van der Waals surface area contributed by atoms with E-state index in [1.807, 2.05) is 18.7 Å². The van der Waals surface area contributed by atoms with E-state index in [1.165, 1.54) is 11.3 Å². The van der Waals surface area contributed by atoms with Gasteiger partial charge in [-0.3, -0.25) is 4.79 Å². The van der Waals surface area contributed by atoms with Gasteiger partial charge in [0, 0.05) is 18.5 Å². The zero-order chi connectivity index (χ0) is 13.3. The summed E-state index contributed by atoms with van der Waals surface area (Å²) in [5.41, 5.74) is 6.24. The van der Waals surface area contributed by atoms with Crippen LogP contribution in [0.4, 0.5) is 0 Å². The minimum absolute atomic E-state index is 0.0685. The number of rotatable bonds is 2. The van der Waals surface area contributed by atoms with Gasteiger partial charge in [-0.05, 0) is 26.7 Å². The van der Waals surface area contributed by atoms with Gasteiger partial charge in [0.15, 0.2) is 0 Å². The van der Waals surface area contributed by atoms with Gasteiger partial charge < -0.3 is 10.6 Å². The van der Waals surface area contributed by atoms with Gasteiger partial charge >= 0.3 is 0 Å². The van der Waals surface area contributed by atoms with Gasteiger partial charge in [0.25, 0.3) is 0 Å². The number of likely N-dealkylation sites (tertiary alicyclic amines) is 1. The van der Waals surface area contributed by atoms with Crippen LogP contribution in [0.1, 0.15) is 44.2 Å². The first-order valence-corrected chi connectivity index (χ1v) is 7.38. The van der Waals surface area contributed by atoms with Gasteiger partial charge in [-0.1, -0.05) is 11.6 Å². The number of carbonyl (C=O) groups excluding carboxylic acids is 1. The predicted molar refractivity (Wildman–Crippen MR) is 73.7 cm³/mol. The van der Waals surface area contributed by atoms with E-state index in [-0.39, 0.29) is 24.0 Å². The summed E-state index contributed by atoms with van der Waals surface area (Å²) >= 11 is 7.35. The third-order valence-corrected chi connectivity index (χ3v) is 4.41. The zero-order valence-corrected chi connectivity index (χ0v) is 12.2. The second-order valence-corrected chi connectivity index (χ2v) is 6.59. The van der Waals surface area contributed by atoms with Crippen molar-refractivity contribution in [2.75, 3.05) is 0 Å². The van der Waals surface area contributed by atoms with Gasteiger partial charge in [-0.25, -0.2) is 4.98 Å². The SMILES string of the molecule is CC(C)N1C(=O)CCCC(N)C1c1ncc(Cl)s1. The van der Waals surface area contributed by atoms with E-state index >= 15 is 0 Å². The van der Waals surface area contributed by atoms with Crippen molar-refractivity contribution in [3.8, 4) is 0 Å². The highest BCUT2D eigenvalue weighted by Crippen LogP contribution is 2.35. The lowest BCUT2D eigenvalue weighted by Crippen LogP contribution is -2.45. The molecule has 2 unspecified atom stereocenters. The summed E-state index contributed by atoms with van der Waals surface area (Å²) < 4.78 is 0.637. The molecule has 0 aliphatic carbocycles. The van der Waals surface area contributed by atoms with Crippen LogP contribution in [0, 0.1) is 0 Å². The molecule has 0 radical (unpaired) electrons. The smallest absolute Gasteiger partial charge is 0.223 e. The highest BCUT2D eigenvalue weighted by molar-refractivity contribution is 7.15. The summed E-state index contributed by atoms with van der Waals surface area (Å²) in [6, 6.07) is -0.0899. The normalized spacial score (nSPS) is 25.6. The Morgan fingerprint density at radius 2 is 2.33 bits per heavy atom. The summed E-state index contributed by atoms with van der Waals surface area (Å²) in [4.78, 5) is 18.4. The van der Waals surface area contributed by atoms with Crippen molar-refractivity contribution in [3.05, 3.63) is 15.5 Å². The summed E-state index contributed by atoms with van der Waals surface area (Å²) in [5, 5.41) is 0.844. The summed E-state index contributed by atoms with van der Waals surface area (Å²) in [7, 11) is 0. The lowest BCUT2D eigenvalue weighted by molar-refractivity contribution is -0.135. The summed E-state index contributed by atoms with van der Waals surface area (Å²) in [6.07, 6.45) is 3.89. The molecule has 100 valence electrons. The van der Waals surface area contributed by atoms with Crippen molar-refractivity contribution < 1.29 is 4.79 Å². The first-order chi connectivity index (χ1) is 8.50. The fraction of sp³-hybridized carbons (Fsp3) is 0.667. The Bertz CT molecular complexity index is 435. The average Bonchev–Trinajstić information content (AvgIpc) is 2.64. The fourth-order valence-electron chi connectivity index (χ4n) is 2.45. The zero-order valence-electron chi connectivity index (χ0n) is 10.6. The van der Waals surface area contributed by atoms with Crippen LogP contribution in [-0.2, 0) is 4.79 Å². The molecule has 1 saturated heterocycles. The number of thiazole rings is 1. The molecule has 1 aliphatic heterocycles. The molecule has 1 aromatic heterocycles. The third kappa shape index (κ3) is 2.68. The molecule has 6 heteroatoms. The molecule has 0 aromatic carbocycles. The molecule has 2 heterocycles. The quantitative estimate of drug-likeness (QED) is 0.909. The van der Waals surface area contributed by atoms with Crippen molar-refractivity contribution in [2.45, 2.75) is 51.2 Å². The lowest BCUT2D eigenvalue weighted by Gasteiger charge is -2.35. The molecule has 18 heavy (non-hydrogen) atoms. The van der Waals surface area contributed by atoms with Crippen molar-refractivity contribution in [2.24, 2.45) is 5.73 Å². The first-order valence-electron chi connectivity index (χ1n) is 6.18. The van der Waals surface area contributed by atoms with Crippen LogP contribution in [0.5, 0.6) is 0 Å². The number of halogens is 1. The van der Waals surface area contributed by atoms with Crippen molar-refractivity contribution >= 4 is 28.8 Å². The van der Waals surface area contributed by atoms with Crippen LogP contribution in [0.15, 0.2) is 6.20 Å². The topological polar surface area (TPSA) is 59.2 Å². The fourth-order valence-corrected chi connectivity index (χ4v) is 3.56. The number of nitrogens with zero attached hydrogens (tertiary/aromatic N) is 2. The molecule has 0 bridgehead atoms. The molecular weight excluding hydrogens is 270 g/mol. The highest BCUT2D eigenvalue weighted by Gasteiger charge is 2.36. The van der Waals surface area contributed by atoms with E-state index in [2.05, 4.69) is 4.98 Å². The Morgan fingerprint density at radius 1 is 1.61 bits per heavy atom. The average molecular weight is 288 g/mol. The number of amides is 1. The maximum Gasteiger partial charge on any atom is 0.223 e. The van der Waals surface area contributed by atoms with Crippen LogP contribution >= 0.6 is 22.9 Å². The number of carbonyl (C=O) groups is 1. The minimum Gasteiger partial charge on any atom is -0.329 e. The standard InChI is InChI=1S/C12H18ClN3OS/c1-7(2)16-10(17)5-3-4-8(14)11(16)12-15-6-9(13)18-12/h6-8,11H,3-5,14H2,1-2H3. The third-order valence-electron chi connectivity index (χ3n) is 3.23. The Balaban J connectivity index is 2.38. The van der Waals surface area contributed by atoms with Crippen molar-refractivity contribution in [1.29, 1.82) is 0 Å². The molecule has 2 N–H and O–H groups in total. The van der Waals surface area contributed by atoms with E-state index in [4.69, 9.17) is 17.3 Å². The number of hydrogen-bond donors (Lipinski definition) is 1. The van der Waals surface area contributed by atoms with Crippen molar-refractivity contribution in [3.63, 3.8) is 0 Å². The predicted octanol–water partition coefficient (Wildman–Crippen LogP) is 2.59. The molecular formula is C12H18ClN3OS. The van der Waals surface area contributed by atoms with Crippen molar-refractivity contribution in [1.82, 2.24) is 9.88 Å². The Kier molecular flexibility index (Phi) is 4.25. The Hall–Kier alpha value is -0.650. The highest BCUT2D eigenvalue weighted by atomic mass is 35.5. The minimum atomic E-state index is -0.141. The van der Waals surface area contributed by atoms with E-state index in [1.54, 1.807) is 6.20 Å². The monoisotopic (exact) mass is 287 g/mol. The maximum atomic E-state index is 12.2. The van der Waals surface area contributed by atoms with Crippen LogP contribution in [0.2, 0.25) is 4.34 Å². The second-order valence-electron chi connectivity index (χ2n) is 4.90. The first kappa shape index (κ1) is 13.8. The van der Waals surface area contributed by atoms with Gasteiger partial charge in [-0.2, -0.15) is 0 Å². The molecule has 1 amide bonds. The Labute approximate surface area is 116 Å². The second kappa shape index (κ2) is 5.55. The van der Waals surface area contributed by atoms with Crippen LogP contribution in [0.25, 0.3) is 0 Å².